The Morgan fingerprint density at radius 3 is 2.47 bits per heavy atom. The third kappa shape index (κ3) is 4.80. The summed E-state index contributed by atoms with van der Waals surface area (Å²) in [5.41, 5.74) is 6.70. The molecule has 106 valence electrons. The van der Waals surface area contributed by atoms with Crippen molar-refractivity contribution in [3.63, 3.8) is 0 Å². The first-order chi connectivity index (χ1) is 8.87. The summed E-state index contributed by atoms with van der Waals surface area (Å²) < 4.78 is 0. The molecule has 1 atom stereocenters. The maximum atomic E-state index is 11.3. The number of carbonyl (C=O) groups excluding carboxylic acids is 1. The van der Waals surface area contributed by atoms with E-state index in [1.54, 1.807) is 18.8 Å². The highest BCUT2D eigenvalue weighted by atomic mass is 32.2. The van der Waals surface area contributed by atoms with Gasteiger partial charge in [0.2, 0.25) is 5.91 Å². The van der Waals surface area contributed by atoms with Crippen LogP contribution in [0.1, 0.15) is 31.2 Å². The molecule has 0 aliphatic heterocycles. The van der Waals surface area contributed by atoms with Crippen molar-refractivity contribution in [1.82, 2.24) is 15.3 Å². The van der Waals surface area contributed by atoms with Crippen LogP contribution in [0.15, 0.2) is 11.2 Å². The number of nitrogens with two attached hydrogens (primary N) is 1. The van der Waals surface area contributed by atoms with E-state index in [0.717, 1.165) is 28.7 Å². The van der Waals surface area contributed by atoms with E-state index in [-0.39, 0.29) is 5.91 Å². The van der Waals surface area contributed by atoms with Crippen LogP contribution in [0.4, 0.5) is 0 Å². The summed E-state index contributed by atoms with van der Waals surface area (Å²) in [5, 5.41) is 3.77. The lowest BCUT2D eigenvalue weighted by atomic mass is 9.96. The topological polar surface area (TPSA) is 80.9 Å². The van der Waals surface area contributed by atoms with Gasteiger partial charge >= 0.3 is 0 Å². The fourth-order valence-electron chi connectivity index (χ4n) is 1.72. The van der Waals surface area contributed by atoms with Crippen LogP contribution in [0.5, 0.6) is 0 Å². The van der Waals surface area contributed by atoms with Crippen molar-refractivity contribution in [2.45, 2.75) is 44.3 Å². The molecule has 3 N–H and O–H groups in total. The zero-order chi connectivity index (χ0) is 14.5. The van der Waals surface area contributed by atoms with Gasteiger partial charge in [0.25, 0.3) is 0 Å². The molecule has 0 aliphatic rings. The van der Waals surface area contributed by atoms with E-state index < -0.39 is 5.54 Å². The summed E-state index contributed by atoms with van der Waals surface area (Å²) in [5.74, 6) is 0.552. The van der Waals surface area contributed by atoms with Crippen molar-refractivity contribution in [2.24, 2.45) is 5.73 Å². The quantitative estimate of drug-likeness (QED) is 0.449. The van der Waals surface area contributed by atoms with Crippen molar-refractivity contribution in [2.75, 3.05) is 12.8 Å². The predicted molar refractivity (Wildman–Crippen MR) is 78.1 cm³/mol. The second kappa shape index (κ2) is 6.86. The largest absolute Gasteiger partial charge is 0.368 e. The Hall–Kier alpha value is -1.14. The number of nitrogens with zero attached hydrogens (tertiary/aromatic N) is 2. The molecule has 1 amide bonds. The number of nitrogens with one attached hydrogen (secondary N) is 1. The van der Waals surface area contributed by atoms with Gasteiger partial charge in [0.1, 0.15) is 0 Å². The van der Waals surface area contributed by atoms with E-state index >= 15 is 0 Å². The monoisotopic (exact) mass is 282 g/mol. The van der Waals surface area contributed by atoms with Crippen molar-refractivity contribution in [3.8, 4) is 0 Å². The normalized spacial score (nSPS) is 14.1. The molecule has 6 heteroatoms. The summed E-state index contributed by atoms with van der Waals surface area (Å²) in [4.78, 5) is 20.1. The molecule has 19 heavy (non-hydrogen) atoms. The highest BCUT2D eigenvalue weighted by Crippen LogP contribution is 2.19. The molecule has 1 heterocycles. The van der Waals surface area contributed by atoms with Crippen LogP contribution in [0, 0.1) is 13.8 Å². The molecule has 0 spiro atoms. The molecular weight excluding hydrogens is 260 g/mol. The molecule has 0 fully saturated rings. The molecule has 0 saturated carbocycles. The number of rotatable bonds is 7. The Balaban J connectivity index is 2.44. The predicted octanol–water partition coefficient (Wildman–Crippen LogP) is 1.43. The van der Waals surface area contributed by atoms with Crippen molar-refractivity contribution < 1.29 is 4.79 Å². The molecule has 0 aliphatic carbocycles. The standard InChI is InChI=1S/C13H22N4OS/c1-9-8-10(2)17-12(16-9)19-7-5-6-13(3,15-4)11(14)18/h8,15H,5-7H2,1-4H3,(H2,14,18). The Labute approximate surface area is 118 Å². The highest BCUT2D eigenvalue weighted by Gasteiger charge is 2.27. The molecule has 1 aromatic rings. The summed E-state index contributed by atoms with van der Waals surface area (Å²) in [6.45, 7) is 5.75. The minimum Gasteiger partial charge on any atom is -0.368 e. The number of aromatic nitrogens is 2. The zero-order valence-corrected chi connectivity index (χ0v) is 12.8. The molecule has 0 saturated heterocycles. The van der Waals surface area contributed by atoms with Gasteiger partial charge in [-0.2, -0.15) is 0 Å². The van der Waals surface area contributed by atoms with Crippen molar-refractivity contribution in [1.29, 1.82) is 0 Å². The average molecular weight is 282 g/mol. The summed E-state index contributed by atoms with van der Waals surface area (Å²) in [6, 6.07) is 1.95. The van der Waals surface area contributed by atoms with E-state index in [4.69, 9.17) is 5.73 Å². The summed E-state index contributed by atoms with van der Waals surface area (Å²) in [6.07, 6.45) is 1.58. The third-order valence-electron chi connectivity index (χ3n) is 3.11. The van der Waals surface area contributed by atoms with Gasteiger partial charge in [-0.15, -0.1) is 0 Å². The van der Waals surface area contributed by atoms with Crippen LogP contribution in [0.3, 0.4) is 0 Å². The molecule has 1 rings (SSSR count). The van der Waals surface area contributed by atoms with Crippen molar-refractivity contribution >= 4 is 17.7 Å². The smallest absolute Gasteiger partial charge is 0.237 e. The first-order valence-corrected chi connectivity index (χ1v) is 7.30. The fourth-order valence-corrected chi connectivity index (χ4v) is 2.61. The van der Waals surface area contributed by atoms with Gasteiger partial charge in [-0.25, -0.2) is 9.97 Å². The Morgan fingerprint density at radius 2 is 2.00 bits per heavy atom. The van der Waals surface area contributed by atoms with Gasteiger partial charge in [0.05, 0.1) is 5.54 Å². The average Bonchev–Trinajstić information content (AvgIpc) is 2.33. The van der Waals surface area contributed by atoms with Gasteiger partial charge in [0.15, 0.2) is 5.16 Å². The van der Waals surface area contributed by atoms with E-state index in [1.165, 1.54) is 0 Å². The summed E-state index contributed by atoms with van der Waals surface area (Å²) >= 11 is 1.61. The van der Waals surface area contributed by atoms with Gasteiger partial charge < -0.3 is 11.1 Å². The number of primary amides is 1. The molecule has 1 aromatic heterocycles. The van der Waals surface area contributed by atoms with E-state index in [2.05, 4.69) is 15.3 Å². The number of amides is 1. The van der Waals surface area contributed by atoms with Crippen LogP contribution >= 0.6 is 11.8 Å². The molecule has 0 aromatic carbocycles. The lowest BCUT2D eigenvalue weighted by Crippen LogP contribution is -2.51. The van der Waals surface area contributed by atoms with Gasteiger partial charge in [-0.3, -0.25) is 4.79 Å². The van der Waals surface area contributed by atoms with Crippen LogP contribution in [0.25, 0.3) is 0 Å². The van der Waals surface area contributed by atoms with Crippen LogP contribution in [-0.4, -0.2) is 34.2 Å². The first kappa shape index (κ1) is 15.9. The maximum Gasteiger partial charge on any atom is 0.237 e. The zero-order valence-electron chi connectivity index (χ0n) is 12.0. The lowest BCUT2D eigenvalue weighted by Gasteiger charge is -2.25. The number of likely N-dealkylation sites (N-methyl/N-ethyl adjacent to an activating group) is 1. The number of hydrogen-bond acceptors (Lipinski definition) is 5. The minimum absolute atomic E-state index is 0.317. The second-order valence-electron chi connectivity index (χ2n) is 4.83. The third-order valence-corrected chi connectivity index (χ3v) is 4.04. The SMILES string of the molecule is CNC(C)(CCCSc1nc(C)cc(C)n1)C(N)=O. The highest BCUT2D eigenvalue weighted by molar-refractivity contribution is 7.99. The molecule has 1 unspecified atom stereocenters. The van der Waals surface area contributed by atoms with E-state index in [1.807, 2.05) is 26.8 Å². The van der Waals surface area contributed by atoms with E-state index in [9.17, 15) is 4.79 Å². The fraction of sp³-hybridized carbons (Fsp3) is 0.615. The van der Waals surface area contributed by atoms with Gasteiger partial charge in [-0.1, -0.05) is 11.8 Å². The number of aryl methyl sites for hydroxylation is 2. The minimum atomic E-state index is -0.635. The molecule has 0 bridgehead atoms. The number of carbonyl (C=O) groups is 1. The molecular formula is C13H22N4OS. The lowest BCUT2D eigenvalue weighted by molar-refractivity contribution is -0.123. The Bertz CT molecular complexity index is 432. The van der Waals surface area contributed by atoms with Crippen LogP contribution < -0.4 is 11.1 Å². The first-order valence-electron chi connectivity index (χ1n) is 6.31. The van der Waals surface area contributed by atoms with Gasteiger partial charge in [-0.05, 0) is 46.7 Å². The van der Waals surface area contributed by atoms with Crippen LogP contribution in [0.2, 0.25) is 0 Å². The van der Waals surface area contributed by atoms with Crippen molar-refractivity contribution in [3.05, 3.63) is 17.5 Å². The Kier molecular flexibility index (Phi) is 5.75. The Morgan fingerprint density at radius 1 is 1.42 bits per heavy atom. The number of hydrogen-bond donors (Lipinski definition) is 2. The van der Waals surface area contributed by atoms with Gasteiger partial charge in [0, 0.05) is 17.1 Å². The molecule has 5 nitrogen and oxygen atoms in total. The molecule has 0 radical (unpaired) electrons. The maximum absolute atomic E-state index is 11.3. The second-order valence-corrected chi connectivity index (χ2v) is 5.89. The number of thioether (sulfide) groups is 1. The summed E-state index contributed by atoms with van der Waals surface area (Å²) in [7, 11) is 1.75. The van der Waals surface area contributed by atoms with E-state index in [0.29, 0.717) is 6.42 Å². The van der Waals surface area contributed by atoms with Crippen LogP contribution in [-0.2, 0) is 4.79 Å².